The number of hydrogen-bond donors (Lipinski definition) is 1. The third-order valence-corrected chi connectivity index (χ3v) is 5.08. The lowest BCUT2D eigenvalue weighted by Gasteiger charge is -2.08. The van der Waals surface area contributed by atoms with Gasteiger partial charge in [-0.25, -0.2) is 9.63 Å². The van der Waals surface area contributed by atoms with Gasteiger partial charge >= 0.3 is 5.97 Å². The Kier molecular flexibility index (Phi) is 5.86. The molecule has 0 aromatic heterocycles. The molecule has 142 valence electrons. The largest absolute Gasteiger partial charge is 0.422 e. The molecule has 0 saturated heterocycles. The number of ether oxygens (including phenoxy) is 1. The van der Waals surface area contributed by atoms with Crippen molar-refractivity contribution in [2.45, 2.75) is 11.8 Å². The molecule has 0 atom stereocenters. The summed E-state index contributed by atoms with van der Waals surface area (Å²) >= 11 is 0. The molecule has 0 unspecified atom stereocenters. The summed E-state index contributed by atoms with van der Waals surface area (Å²) < 4.78 is 29.8. The highest BCUT2D eigenvalue weighted by atomic mass is 32.2. The van der Waals surface area contributed by atoms with Gasteiger partial charge in [-0.15, -0.1) is 0 Å². The lowest BCUT2D eigenvalue weighted by atomic mass is 10.1. The number of sulfonamides is 1. The van der Waals surface area contributed by atoms with Gasteiger partial charge in [0, 0.05) is 5.56 Å². The zero-order chi connectivity index (χ0) is 20.0. The van der Waals surface area contributed by atoms with E-state index in [2.05, 4.69) is 9.93 Å². The van der Waals surface area contributed by atoms with Crippen LogP contribution in [0.4, 0.5) is 0 Å². The number of aryl methyl sites for hydroxylation is 1. The van der Waals surface area contributed by atoms with E-state index in [0.29, 0.717) is 11.1 Å². The second kappa shape index (κ2) is 8.49. The Hall–Kier alpha value is -3.45. The molecule has 0 amide bonds. The first-order valence-corrected chi connectivity index (χ1v) is 9.92. The maximum absolute atomic E-state index is 12.3. The van der Waals surface area contributed by atoms with E-state index in [4.69, 9.17) is 4.74 Å². The number of benzene rings is 3. The lowest BCUT2D eigenvalue weighted by Crippen LogP contribution is -2.18. The molecule has 6 nitrogen and oxygen atoms in total. The van der Waals surface area contributed by atoms with Gasteiger partial charge in [0.15, 0.2) is 0 Å². The van der Waals surface area contributed by atoms with Gasteiger partial charge in [0.05, 0.1) is 16.7 Å². The van der Waals surface area contributed by atoms with Crippen LogP contribution in [0.2, 0.25) is 0 Å². The van der Waals surface area contributed by atoms with E-state index >= 15 is 0 Å². The van der Waals surface area contributed by atoms with Crippen molar-refractivity contribution in [2.24, 2.45) is 5.10 Å². The summed E-state index contributed by atoms with van der Waals surface area (Å²) in [6, 6.07) is 21.6. The van der Waals surface area contributed by atoms with E-state index in [-0.39, 0.29) is 10.6 Å². The van der Waals surface area contributed by atoms with Crippen LogP contribution >= 0.6 is 0 Å². The van der Waals surface area contributed by atoms with Gasteiger partial charge in [0.25, 0.3) is 10.0 Å². The molecule has 7 heteroatoms. The fourth-order valence-electron chi connectivity index (χ4n) is 2.35. The van der Waals surface area contributed by atoms with Crippen molar-refractivity contribution in [3.63, 3.8) is 0 Å². The van der Waals surface area contributed by atoms with Crippen LogP contribution in [0.5, 0.6) is 5.75 Å². The minimum Gasteiger partial charge on any atom is -0.422 e. The Morgan fingerprint density at radius 3 is 2.29 bits per heavy atom. The molecule has 28 heavy (non-hydrogen) atoms. The third-order valence-electron chi connectivity index (χ3n) is 3.84. The highest BCUT2D eigenvalue weighted by Gasteiger charge is 2.13. The van der Waals surface area contributed by atoms with Crippen LogP contribution in [-0.2, 0) is 10.0 Å². The van der Waals surface area contributed by atoms with Crippen molar-refractivity contribution in [3.8, 4) is 5.75 Å². The van der Waals surface area contributed by atoms with Crippen LogP contribution < -0.4 is 9.57 Å². The number of hydrazone groups is 1. The highest BCUT2D eigenvalue weighted by Crippen LogP contribution is 2.18. The van der Waals surface area contributed by atoms with E-state index in [1.54, 1.807) is 54.6 Å². The van der Waals surface area contributed by atoms with Crippen molar-refractivity contribution < 1.29 is 17.9 Å². The second-order valence-electron chi connectivity index (χ2n) is 5.96. The van der Waals surface area contributed by atoms with Crippen molar-refractivity contribution in [3.05, 3.63) is 95.6 Å². The molecule has 0 aliphatic carbocycles. The predicted octanol–water partition coefficient (Wildman–Crippen LogP) is 3.53. The van der Waals surface area contributed by atoms with Gasteiger partial charge in [0.1, 0.15) is 5.75 Å². The Morgan fingerprint density at radius 2 is 1.57 bits per heavy atom. The van der Waals surface area contributed by atoms with Crippen LogP contribution in [0.15, 0.2) is 88.9 Å². The van der Waals surface area contributed by atoms with E-state index < -0.39 is 16.0 Å². The second-order valence-corrected chi connectivity index (χ2v) is 7.62. The molecule has 1 N–H and O–H groups in total. The molecule has 0 bridgehead atoms. The quantitative estimate of drug-likeness (QED) is 0.300. The molecule has 0 aliphatic rings. The molecular formula is C21H18N2O4S. The third kappa shape index (κ3) is 4.83. The number of esters is 1. The zero-order valence-electron chi connectivity index (χ0n) is 15.1. The maximum atomic E-state index is 12.3. The zero-order valence-corrected chi connectivity index (χ0v) is 15.9. The smallest absolute Gasteiger partial charge is 0.343 e. The van der Waals surface area contributed by atoms with Crippen LogP contribution in [0.1, 0.15) is 21.5 Å². The number of carbonyl (C=O) groups excluding carboxylic acids is 1. The average Bonchev–Trinajstić information content (AvgIpc) is 2.70. The van der Waals surface area contributed by atoms with Gasteiger partial charge < -0.3 is 4.74 Å². The molecule has 0 saturated carbocycles. The summed E-state index contributed by atoms with van der Waals surface area (Å²) in [4.78, 5) is 14.6. The lowest BCUT2D eigenvalue weighted by molar-refractivity contribution is 0.0734. The van der Waals surface area contributed by atoms with Gasteiger partial charge in [0.2, 0.25) is 0 Å². The Balaban J connectivity index is 1.74. The van der Waals surface area contributed by atoms with Crippen molar-refractivity contribution >= 4 is 22.2 Å². The van der Waals surface area contributed by atoms with E-state index in [1.165, 1.54) is 18.3 Å². The molecule has 0 aliphatic heterocycles. The van der Waals surface area contributed by atoms with E-state index in [0.717, 1.165) is 5.56 Å². The first kappa shape index (κ1) is 19.3. The summed E-state index contributed by atoms with van der Waals surface area (Å²) in [5, 5.41) is 3.79. The summed E-state index contributed by atoms with van der Waals surface area (Å²) in [6.45, 7) is 1.93. The molecule has 3 aromatic carbocycles. The monoisotopic (exact) mass is 394 g/mol. The van der Waals surface area contributed by atoms with Crippen LogP contribution in [0.3, 0.4) is 0 Å². The highest BCUT2D eigenvalue weighted by molar-refractivity contribution is 7.89. The molecule has 0 fully saturated rings. The predicted molar refractivity (Wildman–Crippen MR) is 107 cm³/mol. The van der Waals surface area contributed by atoms with Crippen LogP contribution in [0, 0.1) is 6.92 Å². The number of carbonyl (C=O) groups is 1. The molecule has 3 aromatic rings. The maximum Gasteiger partial charge on any atom is 0.343 e. The molecular weight excluding hydrogens is 376 g/mol. The SMILES string of the molecule is Cc1ccc(C(=O)Oc2ccccc2/C=N/NS(=O)(=O)c2ccccc2)cc1. The minimum atomic E-state index is -3.77. The first-order valence-electron chi connectivity index (χ1n) is 8.43. The summed E-state index contributed by atoms with van der Waals surface area (Å²) in [6.07, 6.45) is 1.29. The Bertz CT molecular complexity index is 1090. The molecule has 3 rings (SSSR count). The minimum absolute atomic E-state index is 0.103. The first-order chi connectivity index (χ1) is 13.5. The van der Waals surface area contributed by atoms with Crippen LogP contribution in [0.25, 0.3) is 0 Å². The van der Waals surface area contributed by atoms with Crippen molar-refractivity contribution in [2.75, 3.05) is 0 Å². The standard InChI is InChI=1S/C21H18N2O4S/c1-16-11-13-17(14-12-16)21(24)27-20-10-6-5-7-18(20)15-22-23-28(25,26)19-8-3-2-4-9-19/h2-15,23H,1H3/b22-15+. The van der Waals surface area contributed by atoms with Crippen molar-refractivity contribution in [1.82, 2.24) is 4.83 Å². The fourth-order valence-corrected chi connectivity index (χ4v) is 3.16. The van der Waals surface area contributed by atoms with Crippen molar-refractivity contribution in [1.29, 1.82) is 0 Å². The number of nitrogens with zero attached hydrogens (tertiary/aromatic N) is 1. The normalized spacial score (nSPS) is 11.3. The fraction of sp³-hybridized carbons (Fsp3) is 0.0476. The Morgan fingerprint density at radius 1 is 0.929 bits per heavy atom. The number of para-hydroxylation sites is 1. The van der Waals surface area contributed by atoms with E-state index in [1.807, 2.05) is 19.1 Å². The summed E-state index contributed by atoms with van der Waals surface area (Å²) in [7, 11) is -3.77. The Labute approximate surface area is 163 Å². The molecule has 0 heterocycles. The molecule has 0 radical (unpaired) electrons. The van der Waals surface area contributed by atoms with E-state index in [9.17, 15) is 13.2 Å². The average molecular weight is 394 g/mol. The van der Waals surface area contributed by atoms with Crippen LogP contribution in [-0.4, -0.2) is 20.6 Å². The van der Waals surface area contributed by atoms with Gasteiger partial charge in [-0.05, 0) is 43.3 Å². The number of nitrogens with one attached hydrogen (secondary N) is 1. The number of rotatable bonds is 6. The van der Waals surface area contributed by atoms with Gasteiger partial charge in [-0.3, -0.25) is 0 Å². The topological polar surface area (TPSA) is 84.8 Å². The van der Waals surface area contributed by atoms with Gasteiger partial charge in [-0.2, -0.15) is 13.5 Å². The van der Waals surface area contributed by atoms with Gasteiger partial charge in [-0.1, -0.05) is 48.0 Å². The number of hydrogen-bond acceptors (Lipinski definition) is 5. The summed E-state index contributed by atoms with van der Waals surface area (Å²) in [5.74, 6) is -0.235. The summed E-state index contributed by atoms with van der Waals surface area (Å²) in [5.41, 5.74) is 1.91. The molecule has 0 spiro atoms.